The van der Waals surface area contributed by atoms with Crippen LogP contribution in [0.25, 0.3) is 0 Å². The summed E-state index contributed by atoms with van der Waals surface area (Å²) < 4.78 is 4.83. The molecule has 0 saturated carbocycles. The number of ether oxygens (including phenoxy) is 1. The van der Waals surface area contributed by atoms with Crippen LogP contribution in [0.3, 0.4) is 0 Å². The maximum Gasteiger partial charge on any atom is 0.0437 e. The third kappa shape index (κ3) is 8.98. The van der Waals surface area contributed by atoms with Gasteiger partial charge in [-0.2, -0.15) is 0 Å². The van der Waals surface area contributed by atoms with E-state index in [1.807, 2.05) is 55.4 Å². The predicted octanol–water partition coefficient (Wildman–Crippen LogP) is 4.00. The Morgan fingerprint density at radius 2 is 1.20 bits per heavy atom. The fraction of sp³-hybridized carbons (Fsp3) is 0.684. The Bertz CT molecular complexity index is 499. The van der Waals surface area contributed by atoms with Gasteiger partial charge in [0.2, 0.25) is 0 Å². The van der Waals surface area contributed by atoms with Crippen molar-refractivity contribution in [3.05, 3.63) is 28.8 Å². The Morgan fingerprint density at radius 1 is 0.840 bits per heavy atom. The van der Waals surface area contributed by atoms with Gasteiger partial charge in [0.05, 0.1) is 0 Å². The average molecular weight is 376 g/mol. The normalized spacial score (nSPS) is 13.2. The summed E-state index contributed by atoms with van der Waals surface area (Å²) in [7, 11) is -4.16. The Kier molecular flexibility index (Phi) is 9.03. The molecule has 0 atom stereocenters. The van der Waals surface area contributed by atoms with Crippen LogP contribution >= 0.6 is 7.94 Å². The fourth-order valence-electron chi connectivity index (χ4n) is 2.42. The number of rotatable bonds is 4. The maximum atomic E-state index is 10.5. The van der Waals surface area contributed by atoms with Gasteiger partial charge in [-0.25, -0.2) is 0 Å². The number of hydrogen-bond donors (Lipinski definition) is 4. The van der Waals surface area contributed by atoms with E-state index < -0.39 is 7.94 Å². The molecule has 0 spiro atoms. The van der Waals surface area contributed by atoms with Crippen molar-refractivity contribution in [2.24, 2.45) is 0 Å². The van der Waals surface area contributed by atoms with Crippen molar-refractivity contribution in [2.45, 2.75) is 72.4 Å². The van der Waals surface area contributed by atoms with E-state index in [-0.39, 0.29) is 22.7 Å². The fourth-order valence-corrected chi connectivity index (χ4v) is 3.17. The van der Waals surface area contributed by atoms with E-state index in [9.17, 15) is 19.8 Å². The Labute approximate surface area is 153 Å². The number of benzene rings is 1. The van der Waals surface area contributed by atoms with Gasteiger partial charge in [-0.15, -0.1) is 0 Å². The molecule has 0 radical (unpaired) electrons. The molecule has 0 fully saturated rings. The van der Waals surface area contributed by atoms with Gasteiger partial charge in [0.1, 0.15) is 0 Å². The van der Waals surface area contributed by atoms with Gasteiger partial charge in [-0.1, -0.05) is 0 Å². The third-order valence-corrected chi connectivity index (χ3v) is 4.52. The number of phenolic OH excluding ortho intramolecular Hbond substituents is 1. The standard InChI is InChI=1S/C15H27O4P.C4H10O/c1-14(2,3)11-7-10(9-20(17,18)19)8-12(13(11)16)15(4,5)6;1-3-5-4-2/h7-8,16-20H,9H2,1-6H3;3-4H2,1-2H3. The molecule has 0 saturated heterocycles. The van der Waals surface area contributed by atoms with Gasteiger partial charge in [0.15, 0.2) is 0 Å². The minimum atomic E-state index is -4.16. The van der Waals surface area contributed by atoms with Crippen LogP contribution in [0, 0.1) is 0 Å². The molecule has 1 rings (SSSR count). The van der Waals surface area contributed by atoms with Crippen molar-refractivity contribution >= 4 is 7.94 Å². The molecule has 0 aliphatic carbocycles. The minimum absolute atomic E-state index is 0.167. The molecule has 4 N–H and O–H groups in total. The molecule has 1 aromatic carbocycles. The molecule has 0 aromatic heterocycles. The summed E-state index contributed by atoms with van der Waals surface area (Å²) in [6.07, 6.45) is -0.167. The van der Waals surface area contributed by atoms with Crippen molar-refractivity contribution < 1.29 is 24.5 Å². The maximum absolute atomic E-state index is 10.5. The van der Waals surface area contributed by atoms with Gasteiger partial charge < -0.3 is 4.74 Å². The van der Waals surface area contributed by atoms with Crippen LogP contribution in [0.2, 0.25) is 0 Å². The average Bonchev–Trinajstić information content (AvgIpc) is 2.38. The topological polar surface area (TPSA) is 90.2 Å². The first-order valence-corrected chi connectivity index (χ1v) is 10.8. The number of phenols is 1. The van der Waals surface area contributed by atoms with Crippen LogP contribution in [-0.2, 0) is 21.7 Å². The number of hydrogen-bond acceptors (Lipinski definition) is 5. The summed E-state index contributed by atoms with van der Waals surface area (Å²) in [4.78, 5) is 27.9. The third-order valence-electron chi connectivity index (χ3n) is 3.64. The molecular weight excluding hydrogens is 339 g/mol. The van der Waals surface area contributed by atoms with E-state index in [4.69, 9.17) is 4.74 Å². The molecule has 0 heterocycles. The molecule has 1 aromatic rings. The second kappa shape index (κ2) is 9.29. The zero-order chi connectivity index (χ0) is 20.1. The summed E-state index contributed by atoms with van der Waals surface area (Å²) in [5.74, 6) is 0.245. The molecule has 0 unspecified atom stereocenters. The monoisotopic (exact) mass is 376 g/mol. The minimum Gasteiger partial charge on any atom is -0.382 e. The zero-order valence-electron chi connectivity index (χ0n) is 17.0. The van der Waals surface area contributed by atoms with Gasteiger partial charge in [-0.3, -0.25) is 0 Å². The van der Waals surface area contributed by atoms with Crippen molar-refractivity contribution in [1.82, 2.24) is 0 Å². The second-order valence-corrected chi connectivity index (χ2v) is 10.2. The van der Waals surface area contributed by atoms with E-state index >= 15 is 0 Å². The van der Waals surface area contributed by atoms with E-state index in [1.54, 1.807) is 12.1 Å². The first-order valence-electron chi connectivity index (χ1n) is 8.75. The largest absolute Gasteiger partial charge is 0.382 e. The summed E-state index contributed by atoms with van der Waals surface area (Å²) in [5, 5.41) is 10.5. The molecular formula is C19H37O5P. The second-order valence-electron chi connectivity index (χ2n) is 8.27. The van der Waals surface area contributed by atoms with Gasteiger partial charge in [0, 0.05) is 13.2 Å². The Balaban J connectivity index is 0.00000101. The smallest absolute Gasteiger partial charge is 0.0437 e. The quantitative estimate of drug-likeness (QED) is 0.596. The van der Waals surface area contributed by atoms with Crippen LogP contribution in [0.5, 0.6) is 5.75 Å². The molecule has 0 aliphatic heterocycles. The molecule has 6 heteroatoms. The first kappa shape index (κ1) is 24.3. The van der Waals surface area contributed by atoms with E-state index in [0.717, 1.165) is 24.3 Å². The number of aromatic hydroxyl groups is 1. The zero-order valence-corrected chi connectivity index (χ0v) is 18.0. The molecule has 148 valence electrons. The summed E-state index contributed by atoms with van der Waals surface area (Å²) in [6, 6.07) is 3.49. The van der Waals surface area contributed by atoms with Crippen molar-refractivity contribution in [1.29, 1.82) is 0 Å². The summed E-state index contributed by atoms with van der Waals surface area (Å²) in [5.41, 5.74) is 1.59. The SMILES string of the molecule is CC(C)(C)c1cc(C[PH](O)(O)O)cc(C(C)(C)C)c1O.CCOCC. The predicted molar refractivity (Wildman–Crippen MR) is 106 cm³/mol. The van der Waals surface area contributed by atoms with Crippen LogP contribution in [-0.4, -0.2) is 33.0 Å². The summed E-state index contributed by atoms with van der Waals surface area (Å²) in [6.45, 7) is 17.6. The molecule has 0 bridgehead atoms. The molecule has 25 heavy (non-hydrogen) atoms. The van der Waals surface area contributed by atoms with Gasteiger partial charge in [-0.05, 0) is 13.8 Å². The molecule has 0 aliphatic rings. The van der Waals surface area contributed by atoms with E-state index in [0.29, 0.717) is 5.56 Å². The Hall–Kier alpha value is -0.710. The van der Waals surface area contributed by atoms with Crippen LogP contribution in [0.4, 0.5) is 0 Å². The first-order chi connectivity index (χ1) is 11.1. The van der Waals surface area contributed by atoms with Crippen LogP contribution in [0.1, 0.15) is 72.1 Å². The molecule has 0 amide bonds. The molecule has 5 nitrogen and oxygen atoms in total. The van der Waals surface area contributed by atoms with Crippen molar-refractivity contribution in [2.75, 3.05) is 13.2 Å². The van der Waals surface area contributed by atoms with Crippen molar-refractivity contribution in [3.8, 4) is 5.75 Å². The summed E-state index contributed by atoms with van der Waals surface area (Å²) >= 11 is 0. The van der Waals surface area contributed by atoms with Crippen LogP contribution in [0.15, 0.2) is 12.1 Å². The van der Waals surface area contributed by atoms with Crippen LogP contribution < -0.4 is 0 Å². The van der Waals surface area contributed by atoms with Gasteiger partial charge >= 0.3 is 121 Å². The Morgan fingerprint density at radius 3 is 1.40 bits per heavy atom. The van der Waals surface area contributed by atoms with E-state index in [1.165, 1.54) is 0 Å². The van der Waals surface area contributed by atoms with Crippen molar-refractivity contribution in [3.63, 3.8) is 0 Å². The van der Waals surface area contributed by atoms with E-state index in [2.05, 4.69) is 0 Å². The van der Waals surface area contributed by atoms with Gasteiger partial charge in [0.25, 0.3) is 0 Å².